The van der Waals surface area contributed by atoms with E-state index in [1.165, 1.54) is 0 Å². The van der Waals surface area contributed by atoms with Gasteiger partial charge in [0.15, 0.2) is 0 Å². The van der Waals surface area contributed by atoms with E-state index in [0.717, 1.165) is 10.2 Å². The second kappa shape index (κ2) is 10.5. The number of halogens is 1. The van der Waals surface area contributed by atoms with E-state index in [4.69, 9.17) is 4.74 Å². The Balaban J connectivity index is 1.87. The smallest absolute Gasteiger partial charge is 0.232 e. The third-order valence-corrected chi connectivity index (χ3v) is 5.93. The molecule has 2 N–H and O–H groups in total. The van der Waals surface area contributed by atoms with Crippen molar-refractivity contribution in [3.05, 3.63) is 52.5 Å². The molecular formula is C20H25BrN2O4S. The summed E-state index contributed by atoms with van der Waals surface area (Å²) in [7, 11) is -3.38. The summed E-state index contributed by atoms with van der Waals surface area (Å²) < 4.78 is 33.1. The van der Waals surface area contributed by atoms with Crippen molar-refractivity contribution in [1.29, 1.82) is 0 Å². The van der Waals surface area contributed by atoms with Gasteiger partial charge in [0.2, 0.25) is 15.9 Å². The van der Waals surface area contributed by atoms with Gasteiger partial charge in [-0.1, -0.05) is 35.0 Å². The van der Waals surface area contributed by atoms with E-state index in [2.05, 4.69) is 26.0 Å². The van der Waals surface area contributed by atoms with Crippen LogP contribution in [0.3, 0.4) is 0 Å². The van der Waals surface area contributed by atoms with Gasteiger partial charge >= 0.3 is 0 Å². The summed E-state index contributed by atoms with van der Waals surface area (Å²) in [5.41, 5.74) is 1.75. The average Bonchev–Trinajstić information content (AvgIpc) is 2.62. The molecule has 8 heteroatoms. The fourth-order valence-corrected chi connectivity index (χ4v) is 4.14. The maximum absolute atomic E-state index is 12.2. The largest absolute Gasteiger partial charge is 0.494 e. The number of nitrogens with one attached hydrogen (secondary N) is 2. The van der Waals surface area contributed by atoms with Crippen LogP contribution in [0.25, 0.3) is 0 Å². The topological polar surface area (TPSA) is 84.5 Å². The van der Waals surface area contributed by atoms with E-state index in [0.29, 0.717) is 42.8 Å². The molecule has 0 bridgehead atoms. The van der Waals surface area contributed by atoms with Gasteiger partial charge in [-0.2, -0.15) is 0 Å². The Morgan fingerprint density at radius 3 is 2.57 bits per heavy atom. The van der Waals surface area contributed by atoms with Crippen LogP contribution in [0, 0.1) is 6.92 Å². The molecule has 0 atom stereocenters. The summed E-state index contributed by atoms with van der Waals surface area (Å²) in [4.78, 5) is 12.2. The Bertz CT molecular complexity index is 916. The Hall–Kier alpha value is -2.06. The van der Waals surface area contributed by atoms with Gasteiger partial charge in [-0.25, -0.2) is 8.42 Å². The SMILES string of the molecule is CCCS(=O)(=O)Nc1cccc(NC(=O)CCCOc2cccc(Br)c2)c1C. The summed E-state index contributed by atoms with van der Waals surface area (Å²) in [6, 6.07) is 12.7. The normalized spacial score (nSPS) is 11.1. The number of anilines is 2. The number of hydrogen-bond donors (Lipinski definition) is 2. The number of benzene rings is 2. The third kappa shape index (κ3) is 7.16. The van der Waals surface area contributed by atoms with Crippen LogP contribution in [0.4, 0.5) is 11.4 Å². The lowest BCUT2D eigenvalue weighted by atomic mass is 10.1. The Labute approximate surface area is 174 Å². The molecule has 2 rings (SSSR count). The zero-order valence-electron chi connectivity index (χ0n) is 16.0. The van der Waals surface area contributed by atoms with Gasteiger partial charge in [0.25, 0.3) is 0 Å². The molecule has 1 amide bonds. The van der Waals surface area contributed by atoms with E-state index in [1.807, 2.05) is 31.2 Å². The maximum Gasteiger partial charge on any atom is 0.232 e. The first-order valence-electron chi connectivity index (χ1n) is 9.09. The van der Waals surface area contributed by atoms with Gasteiger partial charge in [-0.15, -0.1) is 0 Å². The molecule has 152 valence electrons. The van der Waals surface area contributed by atoms with Gasteiger partial charge in [0.05, 0.1) is 18.0 Å². The first-order valence-corrected chi connectivity index (χ1v) is 11.5. The third-order valence-electron chi connectivity index (χ3n) is 3.96. The van der Waals surface area contributed by atoms with Crippen molar-refractivity contribution in [2.24, 2.45) is 0 Å². The van der Waals surface area contributed by atoms with Gasteiger partial charge < -0.3 is 10.1 Å². The van der Waals surface area contributed by atoms with E-state index >= 15 is 0 Å². The molecule has 0 aliphatic rings. The summed E-state index contributed by atoms with van der Waals surface area (Å²) in [5.74, 6) is 0.660. The lowest BCUT2D eigenvalue weighted by molar-refractivity contribution is -0.116. The van der Waals surface area contributed by atoms with Gasteiger partial charge in [0, 0.05) is 16.6 Å². The predicted octanol–water partition coefficient (Wildman–Crippen LogP) is 4.71. The molecule has 28 heavy (non-hydrogen) atoms. The number of sulfonamides is 1. The van der Waals surface area contributed by atoms with Gasteiger partial charge in [-0.05, 0) is 55.7 Å². The lowest BCUT2D eigenvalue weighted by Gasteiger charge is -2.14. The lowest BCUT2D eigenvalue weighted by Crippen LogP contribution is -2.18. The number of carbonyl (C=O) groups is 1. The molecule has 0 aliphatic heterocycles. The minimum atomic E-state index is -3.38. The summed E-state index contributed by atoms with van der Waals surface area (Å²) in [6.07, 6.45) is 1.41. The summed E-state index contributed by atoms with van der Waals surface area (Å²) in [5, 5.41) is 2.84. The molecular weight excluding hydrogens is 444 g/mol. The minimum Gasteiger partial charge on any atom is -0.494 e. The number of ether oxygens (including phenoxy) is 1. The van der Waals surface area contributed by atoms with Crippen molar-refractivity contribution in [2.45, 2.75) is 33.1 Å². The molecule has 0 radical (unpaired) electrons. The second-order valence-corrected chi connectivity index (χ2v) is 9.11. The van der Waals surface area contributed by atoms with Gasteiger partial charge in [-0.3, -0.25) is 9.52 Å². The van der Waals surface area contributed by atoms with Crippen LogP contribution in [-0.4, -0.2) is 26.7 Å². The predicted molar refractivity (Wildman–Crippen MR) is 116 cm³/mol. The zero-order valence-corrected chi connectivity index (χ0v) is 18.4. The molecule has 0 unspecified atom stereocenters. The van der Waals surface area contributed by atoms with Crippen molar-refractivity contribution in [1.82, 2.24) is 0 Å². The monoisotopic (exact) mass is 468 g/mol. The minimum absolute atomic E-state index is 0.0566. The molecule has 0 aliphatic carbocycles. The Morgan fingerprint density at radius 1 is 1.14 bits per heavy atom. The van der Waals surface area contributed by atoms with Gasteiger partial charge in [0.1, 0.15) is 5.75 Å². The van der Waals surface area contributed by atoms with Crippen molar-refractivity contribution in [3.63, 3.8) is 0 Å². The highest BCUT2D eigenvalue weighted by atomic mass is 79.9. The number of rotatable bonds is 10. The molecule has 0 saturated heterocycles. The molecule has 0 aromatic heterocycles. The van der Waals surface area contributed by atoms with Crippen LogP contribution in [0.5, 0.6) is 5.75 Å². The van der Waals surface area contributed by atoms with E-state index in [-0.39, 0.29) is 11.7 Å². The number of hydrogen-bond acceptors (Lipinski definition) is 4. The van der Waals surface area contributed by atoms with E-state index < -0.39 is 10.0 Å². The fourth-order valence-electron chi connectivity index (χ4n) is 2.56. The van der Waals surface area contributed by atoms with Crippen LogP contribution in [0.2, 0.25) is 0 Å². The highest BCUT2D eigenvalue weighted by Crippen LogP contribution is 2.25. The quantitative estimate of drug-likeness (QED) is 0.494. The molecule has 2 aromatic rings. The molecule has 0 spiro atoms. The number of carbonyl (C=O) groups excluding carboxylic acids is 1. The standard InChI is InChI=1S/C20H25BrN2O4S/c1-3-13-28(25,26)23-19-10-5-9-18(15(19)2)22-20(24)11-6-12-27-17-8-4-7-16(21)14-17/h4-5,7-10,14,23H,3,6,11-13H2,1-2H3,(H,22,24). The molecule has 0 heterocycles. The first kappa shape index (κ1) is 22.2. The fraction of sp³-hybridized carbons (Fsp3) is 0.350. The van der Waals surface area contributed by atoms with Crippen LogP contribution in [-0.2, 0) is 14.8 Å². The van der Waals surface area contributed by atoms with Crippen LogP contribution < -0.4 is 14.8 Å². The van der Waals surface area contributed by atoms with E-state index in [1.54, 1.807) is 25.1 Å². The van der Waals surface area contributed by atoms with Crippen LogP contribution in [0.1, 0.15) is 31.7 Å². The maximum atomic E-state index is 12.2. The molecule has 6 nitrogen and oxygen atoms in total. The van der Waals surface area contributed by atoms with Crippen molar-refractivity contribution in [3.8, 4) is 5.75 Å². The zero-order chi connectivity index (χ0) is 20.6. The Kier molecular flexibility index (Phi) is 8.32. The summed E-state index contributed by atoms with van der Waals surface area (Å²) >= 11 is 3.38. The molecule has 2 aromatic carbocycles. The summed E-state index contributed by atoms with van der Waals surface area (Å²) in [6.45, 7) is 4.01. The van der Waals surface area contributed by atoms with Crippen molar-refractivity contribution < 1.29 is 17.9 Å². The first-order chi connectivity index (χ1) is 13.3. The van der Waals surface area contributed by atoms with Crippen molar-refractivity contribution in [2.75, 3.05) is 22.4 Å². The molecule has 0 saturated carbocycles. The second-order valence-electron chi connectivity index (χ2n) is 6.36. The molecule has 0 fully saturated rings. The van der Waals surface area contributed by atoms with Crippen LogP contribution >= 0.6 is 15.9 Å². The van der Waals surface area contributed by atoms with Crippen molar-refractivity contribution >= 4 is 43.2 Å². The number of amides is 1. The average molecular weight is 469 g/mol. The van der Waals surface area contributed by atoms with E-state index in [9.17, 15) is 13.2 Å². The Morgan fingerprint density at radius 2 is 1.86 bits per heavy atom. The van der Waals surface area contributed by atoms with Crippen LogP contribution in [0.15, 0.2) is 46.9 Å². The highest BCUT2D eigenvalue weighted by Gasteiger charge is 2.13. The highest BCUT2D eigenvalue weighted by molar-refractivity contribution is 9.10.